The molecule has 0 saturated heterocycles. The van der Waals surface area contributed by atoms with E-state index in [1.807, 2.05) is 0 Å². The maximum atomic E-state index is 12.2. The van der Waals surface area contributed by atoms with E-state index in [-0.39, 0.29) is 22.9 Å². The number of amides is 3. The number of ether oxygens (including phenoxy) is 1. The van der Waals surface area contributed by atoms with E-state index < -0.39 is 23.0 Å². The second-order valence-electron chi connectivity index (χ2n) is 6.05. The number of hydrogen-bond acceptors (Lipinski definition) is 11. The molecule has 32 heavy (non-hydrogen) atoms. The fourth-order valence-electron chi connectivity index (χ4n) is 1.85. The number of nitro groups is 1. The zero-order valence-electron chi connectivity index (χ0n) is 18.2. The van der Waals surface area contributed by atoms with Gasteiger partial charge >= 0.3 is 12.2 Å². The van der Waals surface area contributed by atoms with Crippen LogP contribution in [0.2, 0.25) is 0 Å². The fourth-order valence-corrected chi connectivity index (χ4v) is 2.42. The molecule has 0 fully saturated rings. The Bertz CT molecular complexity index is 918. The van der Waals surface area contributed by atoms with Gasteiger partial charge in [-0.15, -0.1) is 0 Å². The molecule has 0 heterocycles. The van der Waals surface area contributed by atoms with Crippen LogP contribution in [-0.2, 0) is 14.5 Å². The highest BCUT2D eigenvalue weighted by atomic mass is 32.2. The van der Waals surface area contributed by atoms with Crippen molar-refractivity contribution in [2.24, 2.45) is 10.3 Å². The Kier molecular flexibility index (Phi) is 9.88. The lowest BCUT2D eigenvalue weighted by Gasteiger charge is -2.20. The third-order valence-electron chi connectivity index (χ3n) is 3.41. The first-order valence-electron chi connectivity index (χ1n) is 8.68. The third-order valence-corrected chi connectivity index (χ3v) is 4.19. The molecule has 0 atom stereocenters. The molecule has 174 valence electrons. The van der Waals surface area contributed by atoms with Crippen molar-refractivity contribution in [3.05, 3.63) is 34.4 Å². The fraction of sp³-hybridized carbons (Fsp3) is 0.353. The van der Waals surface area contributed by atoms with Gasteiger partial charge in [-0.2, -0.15) is 0 Å². The predicted octanol–water partition coefficient (Wildman–Crippen LogP) is 2.12. The van der Waals surface area contributed by atoms with Crippen molar-refractivity contribution in [1.29, 1.82) is 0 Å². The zero-order chi connectivity index (χ0) is 24.4. The van der Waals surface area contributed by atoms with E-state index in [9.17, 15) is 24.5 Å². The maximum Gasteiger partial charge on any atom is 0.447 e. The van der Waals surface area contributed by atoms with Gasteiger partial charge in [-0.05, 0) is 19.1 Å². The number of rotatable bonds is 8. The van der Waals surface area contributed by atoms with Gasteiger partial charge < -0.3 is 14.5 Å². The van der Waals surface area contributed by atoms with Crippen LogP contribution in [0.3, 0.4) is 0 Å². The van der Waals surface area contributed by atoms with Gasteiger partial charge in [-0.3, -0.25) is 19.7 Å². The van der Waals surface area contributed by atoms with Crippen molar-refractivity contribution in [3.63, 3.8) is 0 Å². The molecule has 0 aliphatic rings. The second kappa shape index (κ2) is 12.1. The van der Waals surface area contributed by atoms with Crippen molar-refractivity contribution < 1.29 is 33.7 Å². The number of oxime groups is 2. The molecule has 1 rings (SSSR count). The molecule has 0 saturated carbocycles. The highest BCUT2D eigenvalue weighted by Gasteiger charge is 2.23. The lowest BCUT2D eigenvalue weighted by Crippen LogP contribution is -2.35. The van der Waals surface area contributed by atoms with E-state index in [0.717, 1.165) is 8.61 Å². The summed E-state index contributed by atoms with van der Waals surface area (Å²) in [6.07, 6.45) is -1.86. The average Bonchev–Trinajstić information content (AvgIpc) is 2.73. The number of hydrogen-bond donors (Lipinski definition) is 0. The predicted molar refractivity (Wildman–Crippen MR) is 115 cm³/mol. The Morgan fingerprint density at radius 1 is 1.00 bits per heavy atom. The van der Waals surface area contributed by atoms with Crippen molar-refractivity contribution in [3.8, 4) is 5.75 Å². The van der Waals surface area contributed by atoms with E-state index in [1.165, 1.54) is 71.4 Å². The monoisotopic (exact) mass is 470 g/mol. The van der Waals surface area contributed by atoms with E-state index in [2.05, 4.69) is 15.1 Å². The minimum absolute atomic E-state index is 0.0719. The van der Waals surface area contributed by atoms with Crippen LogP contribution in [0.25, 0.3) is 0 Å². The van der Waals surface area contributed by atoms with Crippen LogP contribution in [0.4, 0.5) is 15.3 Å². The lowest BCUT2D eigenvalue weighted by molar-refractivity contribution is -0.384. The Morgan fingerprint density at radius 3 is 2.06 bits per heavy atom. The van der Waals surface area contributed by atoms with Gasteiger partial charge in [0.05, 0.1) is 17.1 Å². The van der Waals surface area contributed by atoms with Gasteiger partial charge in [0, 0.05) is 40.3 Å². The second-order valence-corrected chi connectivity index (χ2v) is 7.31. The standard InChI is InChI=1S/C17H22N6O8S/c1-11(18-29-6)14(15(24)20(2)3)19-31-17(26)22(5)32-21(4)16(25)30-13-9-7-12(8-10-13)23(27)28/h7-10H,1-6H3. The number of carbonyl (C=O) groups excluding carboxylic acids is 3. The van der Waals surface area contributed by atoms with Crippen LogP contribution in [0.15, 0.2) is 34.6 Å². The SMILES string of the molecule is CON=C(C)C(=NOC(=O)N(C)SN(C)C(=O)Oc1ccc([N+](=O)[O-])cc1)C(=O)N(C)C. The quantitative estimate of drug-likeness (QED) is 0.182. The summed E-state index contributed by atoms with van der Waals surface area (Å²) >= 11 is 0.618. The largest absolute Gasteiger partial charge is 0.447 e. The van der Waals surface area contributed by atoms with Crippen LogP contribution in [-0.4, -0.2) is 83.3 Å². The number of nitro benzene ring substituents is 1. The molecule has 0 N–H and O–H groups in total. The molecule has 0 bridgehead atoms. The van der Waals surface area contributed by atoms with Crippen LogP contribution in [0.1, 0.15) is 6.92 Å². The molecule has 14 nitrogen and oxygen atoms in total. The number of non-ortho nitro benzene ring substituents is 1. The van der Waals surface area contributed by atoms with Gasteiger partial charge in [0.2, 0.25) is 0 Å². The summed E-state index contributed by atoms with van der Waals surface area (Å²) < 4.78 is 6.95. The molecule has 0 aliphatic carbocycles. The summed E-state index contributed by atoms with van der Waals surface area (Å²) in [7, 11) is 6.85. The minimum atomic E-state index is -1.00. The van der Waals surface area contributed by atoms with E-state index in [4.69, 9.17) is 9.57 Å². The summed E-state index contributed by atoms with van der Waals surface area (Å²) in [5.41, 5.74) is -0.332. The van der Waals surface area contributed by atoms with E-state index in [0.29, 0.717) is 12.1 Å². The Hall–Kier alpha value is -3.88. The van der Waals surface area contributed by atoms with Crippen LogP contribution >= 0.6 is 12.1 Å². The molecular formula is C17H22N6O8S. The third kappa shape index (κ3) is 7.75. The highest BCUT2D eigenvalue weighted by Crippen LogP contribution is 2.20. The molecule has 1 aromatic rings. The minimum Gasteiger partial charge on any atom is -0.410 e. The Morgan fingerprint density at radius 2 is 1.56 bits per heavy atom. The summed E-state index contributed by atoms with van der Waals surface area (Å²) in [6.45, 7) is 1.44. The molecule has 0 unspecified atom stereocenters. The van der Waals surface area contributed by atoms with Gasteiger partial charge in [-0.1, -0.05) is 10.3 Å². The summed E-state index contributed by atoms with van der Waals surface area (Å²) in [4.78, 5) is 57.2. The molecule has 1 aromatic carbocycles. The van der Waals surface area contributed by atoms with Gasteiger partial charge in [0.1, 0.15) is 18.6 Å². The number of benzene rings is 1. The van der Waals surface area contributed by atoms with Crippen molar-refractivity contribution in [2.75, 3.05) is 35.3 Å². The van der Waals surface area contributed by atoms with Crippen molar-refractivity contribution in [1.82, 2.24) is 13.5 Å². The summed E-state index contributed by atoms with van der Waals surface area (Å²) in [5, 5.41) is 17.8. The van der Waals surface area contributed by atoms with Crippen molar-refractivity contribution in [2.45, 2.75) is 6.92 Å². The Balaban J connectivity index is 2.75. The molecule has 0 aliphatic heterocycles. The molecule has 0 aromatic heterocycles. The highest BCUT2D eigenvalue weighted by molar-refractivity contribution is 7.95. The maximum absolute atomic E-state index is 12.2. The first kappa shape index (κ1) is 26.2. The van der Waals surface area contributed by atoms with Gasteiger partial charge in [-0.25, -0.2) is 18.2 Å². The van der Waals surface area contributed by atoms with E-state index >= 15 is 0 Å². The van der Waals surface area contributed by atoms with E-state index in [1.54, 1.807) is 0 Å². The van der Waals surface area contributed by atoms with Crippen LogP contribution < -0.4 is 4.74 Å². The Labute approximate surface area is 187 Å². The smallest absolute Gasteiger partial charge is 0.410 e. The molecule has 3 amide bonds. The van der Waals surface area contributed by atoms with Gasteiger partial charge in [0.25, 0.3) is 11.6 Å². The summed E-state index contributed by atoms with van der Waals surface area (Å²) in [5.74, 6) is -0.502. The zero-order valence-corrected chi connectivity index (χ0v) is 19.0. The van der Waals surface area contributed by atoms with Crippen LogP contribution in [0, 0.1) is 10.1 Å². The van der Waals surface area contributed by atoms with Crippen molar-refractivity contribution >= 4 is 47.3 Å². The molecule has 0 radical (unpaired) electrons. The van der Waals surface area contributed by atoms with Gasteiger partial charge in [0.15, 0.2) is 5.71 Å². The first-order chi connectivity index (χ1) is 15.0. The number of nitrogens with zero attached hydrogens (tertiary/aromatic N) is 6. The number of carbonyl (C=O) groups is 3. The molecule has 15 heteroatoms. The molecular weight excluding hydrogens is 448 g/mol. The lowest BCUT2D eigenvalue weighted by atomic mass is 10.2. The topological polar surface area (TPSA) is 156 Å². The summed E-state index contributed by atoms with van der Waals surface area (Å²) in [6, 6.07) is 4.88. The average molecular weight is 470 g/mol. The van der Waals surface area contributed by atoms with Crippen LogP contribution in [0.5, 0.6) is 5.75 Å². The normalized spacial score (nSPS) is 11.3. The molecule has 0 spiro atoms. The first-order valence-corrected chi connectivity index (χ1v) is 9.41.